The summed E-state index contributed by atoms with van der Waals surface area (Å²) in [5.74, 6) is -1.61. The lowest BCUT2D eigenvalue weighted by Gasteiger charge is -2.29. The van der Waals surface area contributed by atoms with Gasteiger partial charge >= 0.3 is 0 Å². The van der Waals surface area contributed by atoms with E-state index in [-0.39, 0.29) is 22.0 Å². The second-order valence-corrected chi connectivity index (χ2v) is 7.22. The van der Waals surface area contributed by atoms with Gasteiger partial charge < -0.3 is 9.64 Å². The van der Waals surface area contributed by atoms with Crippen molar-refractivity contribution >= 4 is 46.3 Å². The summed E-state index contributed by atoms with van der Waals surface area (Å²) in [6, 6.07) is 10.1. The minimum Gasteiger partial charge on any atom is -0.378 e. The molecule has 0 saturated carbocycles. The molecule has 0 aliphatic carbocycles. The first-order chi connectivity index (χ1) is 13.5. The summed E-state index contributed by atoms with van der Waals surface area (Å²) in [5, 5.41) is 0.677. The van der Waals surface area contributed by atoms with Crippen molar-refractivity contribution in [3.8, 4) is 0 Å². The van der Waals surface area contributed by atoms with Gasteiger partial charge in [-0.05, 0) is 30.3 Å². The number of nitrogens with zero attached hydrogens (tertiary/aromatic N) is 2. The van der Waals surface area contributed by atoms with Crippen LogP contribution in [0.1, 0.15) is 5.56 Å². The van der Waals surface area contributed by atoms with Crippen molar-refractivity contribution in [1.82, 2.24) is 4.90 Å². The topological polar surface area (TPSA) is 49.9 Å². The molecule has 2 aliphatic heterocycles. The van der Waals surface area contributed by atoms with E-state index in [0.29, 0.717) is 36.9 Å². The first-order valence-corrected chi connectivity index (χ1v) is 9.39. The van der Waals surface area contributed by atoms with Gasteiger partial charge in [-0.3, -0.25) is 9.59 Å². The largest absolute Gasteiger partial charge is 0.378 e. The molecular formula is C20H15Cl2FN2O3. The number of morpholine rings is 1. The molecule has 28 heavy (non-hydrogen) atoms. The van der Waals surface area contributed by atoms with Crippen molar-refractivity contribution in [3.63, 3.8) is 0 Å². The number of imide groups is 1. The van der Waals surface area contributed by atoms with E-state index in [2.05, 4.69) is 0 Å². The molecule has 0 aromatic heterocycles. The van der Waals surface area contributed by atoms with E-state index in [9.17, 15) is 14.0 Å². The molecule has 0 N–H and O–H groups in total. The molecule has 0 unspecified atom stereocenters. The van der Waals surface area contributed by atoms with E-state index in [1.165, 1.54) is 24.3 Å². The van der Waals surface area contributed by atoms with Crippen LogP contribution in [0.25, 0.3) is 5.57 Å². The number of halogens is 3. The third-order valence-electron chi connectivity index (χ3n) is 4.65. The molecule has 144 valence electrons. The van der Waals surface area contributed by atoms with Crippen LogP contribution in [0.2, 0.25) is 10.0 Å². The van der Waals surface area contributed by atoms with Gasteiger partial charge in [-0.2, -0.15) is 0 Å². The first-order valence-electron chi connectivity index (χ1n) is 8.64. The zero-order chi connectivity index (χ0) is 19.8. The van der Waals surface area contributed by atoms with Crippen LogP contribution in [-0.2, 0) is 14.3 Å². The number of amides is 2. The summed E-state index contributed by atoms with van der Waals surface area (Å²) < 4.78 is 19.1. The molecule has 2 aromatic rings. The minimum absolute atomic E-state index is 0.167. The first kappa shape index (κ1) is 18.9. The van der Waals surface area contributed by atoms with Crippen molar-refractivity contribution in [2.45, 2.75) is 0 Å². The van der Waals surface area contributed by atoms with E-state index >= 15 is 0 Å². The number of hydrogen-bond donors (Lipinski definition) is 0. The summed E-state index contributed by atoms with van der Waals surface area (Å²) >= 11 is 12.3. The molecular weight excluding hydrogens is 406 g/mol. The fraction of sp³-hybridized carbons (Fsp3) is 0.200. The summed E-state index contributed by atoms with van der Waals surface area (Å²) in [5.41, 5.74) is 0.991. The van der Waals surface area contributed by atoms with Gasteiger partial charge in [-0.1, -0.05) is 35.3 Å². The summed E-state index contributed by atoms with van der Waals surface area (Å²) in [4.78, 5) is 29.3. The number of carbonyl (C=O) groups is 2. The number of rotatable bonds is 3. The van der Waals surface area contributed by atoms with Crippen LogP contribution < -0.4 is 4.90 Å². The Balaban J connectivity index is 1.87. The van der Waals surface area contributed by atoms with E-state index < -0.39 is 17.6 Å². The lowest BCUT2D eigenvalue weighted by molar-refractivity contribution is -0.121. The van der Waals surface area contributed by atoms with Crippen LogP contribution in [0.3, 0.4) is 0 Å². The highest BCUT2D eigenvalue weighted by atomic mass is 35.5. The number of hydrogen-bond acceptors (Lipinski definition) is 4. The van der Waals surface area contributed by atoms with Crippen LogP contribution in [0.15, 0.2) is 48.2 Å². The maximum Gasteiger partial charge on any atom is 0.282 e. The molecule has 0 radical (unpaired) electrons. The third kappa shape index (κ3) is 3.28. The maximum atomic E-state index is 13.7. The van der Waals surface area contributed by atoms with Crippen LogP contribution in [0.4, 0.5) is 10.1 Å². The molecule has 0 spiro atoms. The molecule has 0 atom stereocenters. The Bertz CT molecular complexity index is 1000. The molecule has 1 saturated heterocycles. The van der Waals surface area contributed by atoms with Crippen molar-refractivity contribution in [2.24, 2.45) is 0 Å². The Hall–Kier alpha value is -2.41. The molecule has 5 nitrogen and oxygen atoms in total. The lowest BCUT2D eigenvalue weighted by Crippen LogP contribution is -2.40. The van der Waals surface area contributed by atoms with Gasteiger partial charge in [0.25, 0.3) is 11.8 Å². The smallest absolute Gasteiger partial charge is 0.282 e. The van der Waals surface area contributed by atoms with E-state index in [0.717, 1.165) is 11.0 Å². The normalized spacial score (nSPS) is 17.7. The van der Waals surface area contributed by atoms with Crippen molar-refractivity contribution in [3.05, 3.63) is 69.6 Å². The summed E-state index contributed by atoms with van der Waals surface area (Å²) in [7, 11) is 0. The van der Waals surface area contributed by atoms with Gasteiger partial charge in [0, 0.05) is 23.7 Å². The van der Waals surface area contributed by atoms with Crippen molar-refractivity contribution < 1.29 is 18.7 Å². The average molecular weight is 421 g/mol. The standard InChI is InChI=1S/C20H15Cl2FN2O3/c21-12-4-5-15(16(22)10-12)17-18(24-6-8-28-9-7-24)20(27)25(19(17)26)14-3-1-2-13(23)11-14/h1-5,10-11H,6-9H2. The van der Waals surface area contributed by atoms with Crippen LogP contribution in [0.5, 0.6) is 0 Å². The highest BCUT2D eigenvalue weighted by Crippen LogP contribution is 2.38. The molecule has 2 aliphatic rings. The molecule has 2 heterocycles. The van der Waals surface area contributed by atoms with Crippen molar-refractivity contribution in [1.29, 1.82) is 0 Å². The fourth-order valence-electron chi connectivity index (χ4n) is 3.38. The Kier molecular flexibility index (Phi) is 5.10. The SMILES string of the molecule is O=C1C(c2ccc(Cl)cc2Cl)=C(N2CCOCC2)C(=O)N1c1cccc(F)c1. The number of carbonyl (C=O) groups excluding carboxylic acids is 2. The van der Waals surface area contributed by atoms with Crippen LogP contribution in [0, 0.1) is 5.82 Å². The molecule has 2 amide bonds. The Morgan fingerprint density at radius 2 is 1.71 bits per heavy atom. The fourth-order valence-corrected chi connectivity index (χ4v) is 3.89. The number of benzene rings is 2. The monoisotopic (exact) mass is 420 g/mol. The van der Waals surface area contributed by atoms with Gasteiger partial charge in [0.05, 0.1) is 29.5 Å². The Morgan fingerprint density at radius 3 is 2.39 bits per heavy atom. The van der Waals surface area contributed by atoms with Crippen LogP contribution >= 0.6 is 23.2 Å². The number of ether oxygens (including phenoxy) is 1. The molecule has 2 aromatic carbocycles. The molecule has 8 heteroatoms. The lowest BCUT2D eigenvalue weighted by atomic mass is 10.0. The second kappa shape index (κ2) is 7.54. The minimum atomic E-state index is -0.554. The third-order valence-corrected chi connectivity index (χ3v) is 5.20. The summed E-state index contributed by atoms with van der Waals surface area (Å²) in [6.45, 7) is 1.79. The Morgan fingerprint density at radius 1 is 0.964 bits per heavy atom. The van der Waals surface area contributed by atoms with Gasteiger partial charge in [-0.15, -0.1) is 0 Å². The summed E-state index contributed by atoms with van der Waals surface area (Å²) in [6.07, 6.45) is 0. The second-order valence-electron chi connectivity index (χ2n) is 6.37. The van der Waals surface area contributed by atoms with Gasteiger partial charge in [0.1, 0.15) is 11.5 Å². The van der Waals surface area contributed by atoms with E-state index in [1.54, 1.807) is 12.1 Å². The van der Waals surface area contributed by atoms with Gasteiger partial charge in [0.15, 0.2) is 0 Å². The van der Waals surface area contributed by atoms with E-state index in [4.69, 9.17) is 27.9 Å². The highest BCUT2D eigenvalue weighted by molar-refractivity contribution is 6.47. The van der Waals surface area contributed by atoms with Gasteiger partial charge in [-0.25, -0.2) is 9.29 Å². The highest BCUT2D eigenvalue weighted by Gasteiger charge is 2.43. The maximum absolute atomic E-state index is 13.7. The predicted molar refractivity (Wildman–Crippen MR) is 105 cm³/mol. The predicted octanol–water partition coefficient (Wildman–Crippen LogP) is 3.75. The van der Waals surface area contributed by atoms with Gasteiger partial charge in [0.2, 0.25) is 0 Å². The van der Waals surface area contributed by atoms with Crippen LogP contribution in [-0.4, -0.2) is 43.0 Å². The van der Waals surface area contributed by atoms with E-state index in [1.807, 2.05) is 4.90 Å². The molecule has 0 bridgehead atoms. The Labute approximate surface area is 170 Å². The quantitative estimate of drug-likeness (QED) is 0.709. The molecule has 4 rings (SSSR count). The average Bonchev–Trinajstić information content (AvgIpc) is 2.93. The molecule has 1 fully saturated rings. The zero-order valence-electron chi connectivity index (χ0n) is 14.6. The van der Waals surface area contributed by atoms with Crippen molar-refractivity contribution in [2.75, 3.05) is 31.2 Å². The number of anilines is 1. The zero-order valence-corrected chi connectivity index (χ0v) is 16.1.